The molecule has 5 nitrogen and oxygen atoms in total. The van der Waals surface area contributed by atoms with Crippen LogP contribution in [0.1, 0.15) is 46.5 Å². The molecule has 1 fully saturated rings. The molecule has 28 heavy (non-hydrogen) atoms. The average Bonchev–Trinajstić information content (AvgIpc) is 2.62. The summed E-state index contributed by atoms with van der Waals surface area (Å²) in [4.78, 5) is 11.3. The standard InChI is InChI=1S/C22H29NO4S/c1-15(2)17-10-11-19-13-18(12-16(3)22(19,4)14-17)21(23(24)25)28(26,27)20-8-6-5-7-9-20/h5-9,13,16-18,21H,1,10-12,14H2,2-4H3/t16-,17-,18?,21?,22+/m1/s1. The first-order valence-corrected chi connectivity index (χ1v) is 11.4. The molecule has 5 atom stereocenters. The van der Waals surface area contributed by atoms with Crippen molar-refractivity contribution in [1.82, 2.24) is 0 Å². The highest BCUT2D eigenvalue weighted by Gasteiger charge is 2.50. The van der Waals surface area contributed by atoms with Gasteiger partial charge in [0.25, 0.3) is 0 Å². The van der Waals surface area contributed by atoms with Crippen molar-refractivity contribution in [1.29, 1.82) is 0 Å². The summed E-state index contributed by atoms with van der Waals surface area (Å²) < 4.78 is 26.2. The van der Waals surface area contributed by atoms with Gasteiger partial charge in [-0.15, -0.1) is 0 Å². The van der Waals surface area contributed by atoms with Crippen LogP contribution >= 0.6 is 0 Å². The summed E-state index contributed by atoms with van der Waals surface area (Å²) >= 11 is 0. The van der Waals surface area contributed by atoms with E-state index in [-0.39, 0.29) is 16.2 Å². The topological polar surface area (TPSA) is 77.3 Å². The molecule has 0 saturated heterocycles. The molecule has 0 heterocycles. The summed E-state index contributed by atoms with van der Waals surface area (Å²) in [6.45, 7) is 10.5. The average molecular weight is 404 g/mol. The fourth-order valence-electron chi connectivity index (χ4n) is 5.02. The smallest absolute Gasteiger partial charge is 0.263 e. The number of allylic oxidation sites excluding steroid dienone is 2. The lowest BCUT2D eigenvalue weighted by Gasteiger charge is -2.49. The first-order chi connectivity index (χ1) is 13.1. The van der Waals surface area contributed by atoms with Crippen molar-refractivity contribution in [3.05, 3.63) is 64.2 Å². The molecule has 2 aliphatic carbocycles. The van der Waals surface area contributed by atoms with Crippen LogP contribution in [0.25, 0.3) is 0 Å². The largest absolute Gasteiger partial charge is 0.320 e. The zero-order valence-corrected chi connectivity index (χ0v) is 17.6. The second-order valence-corrected chi connectivity index (χ2v) is 10.8. The minimum Gasteiger partial charge on any atom is -0.263 e. The lowest BCUT2D eigenvalue weighted by Crippen LogP contribution is -2.44. The normalized spacial score (nSPS) is 31.4. The Morgan fingerprint density at radius 1 is 1.32 bits per heavy atom. The van der Waals surface area contributed by atoms with E-state index >= 15 is 0 Å². The zero-order chi connectivity index (χ0) is 20.7. The number of nitrogens with zero attached hydrogens (tertiary/aromatic N) is 1. The summed E-state index contributed by atoms with van der Waals surface area (Å²) in [6.07, 6.45) is 5.23. The van der Waals surface area contributed by atoms with Gasteiger partial charge in [-0.05, 0) is 62.0 Å². The maximum absolute atomic E-state index is 13.1. The van der Waals surface area contributed by atoms with Gasteiger partial charge in [0.15, 0.2) is 0 Å². The Bertz CT molecular complexity index is 906. The number of rotatable bonds is 5. The Morgan fingerprint density at radius 3 is 2.54 bits per heavy atom. The lowest BCUT2D eigenvalue weighted by atomic mass is 9.56. The molecular weight excluding hydrogens is 374 g/mol. The van der Waals surface area contributed by atoms with Crippen LogP contribution in [0.3, 0.4) is 0 Å². The van der Waals surface area contributed by atoms with Gasteiger partial charge < -0.3 is 0 Å². The highest BCUT2D eigenvalue weighted by Crippen LogP contribution is 2.55. The summed E-state index contributed by atoms with van der Waals surface area (Å²) in [7, 11) is -4.06. The SMILES string of the molecule is C=C(C)[C@@H]1CCC2=CC(C([N+](=O)[O-])S(=O)(=O)c3ccccc3)C[C@@H](C)[C@]2(C)C1. The Balaban J connectivity index is 1.99. The van der Waals surface area contributed by atoms with E-state index in [1.165, 1.54) is 23.3 Å². The molecule has 0 spiro atoms. The number of hydrogen-bond acceptors (Lipinski definition) is 4. The number of hydrogen-bond donors (Lipinski definition) is 0. The summed E-state index contributed by atoms with van der Waals surface area (Å²) in [6, 6.07) is 7.78. The van der Waals surface area contributed by atoms with E-state index in [9.17, 15) is 18.5 Å². The predicted molar refractivity (Wildman–Crippen MR) is 110 cm³/mol. The van der Waals surface area contributed by atoms with Gasteiger partial charge in [-0.1, -0.05) is 55.8 Å². The van der Waals surface area contributed by atoms with Gasteiger partial charge in [-0.25, -0.2) is 8.42 Å². The van der Waals surface area contributed by atoms with Crippen molar-refractivity contribution in [3.63, 3.8) is 0 Å². The molecule has 0 radical (unpaired) electrons. The molecule has 1 aromatic carbocycles. The Kier molecular flexibility index (Phi) is 5.54. The van der Waals surface area contributed by atoms with Gasteiger partial charge in [-0.3, -0.25) is 10.1 Å². The molecule has 2 unspecified atom stereocenters. The van der Waals surface area contributed by atoms with Crippen molar-refractivity contribution in [3.8, 4) is 0 Å². The van der Waals surface area contributed by atoms with Gasteiger partial charge in [0, 0.05) is 4.92 Å². The van der Waals surface area contributed by atoms with E-state index in [0.717, 1.165) is 19.3 Å². The van der Waals surface area contributed by atoms with Crippen LogP contribution in [0, 0.1) is 33.3 Å². The first-order valence-electron chi connectivity index (χ1n) is 9.86. The molecule has 0 amide bonds. The Labute approximate surface area is 167 Å². The lowest BCUT2D eigenvalue weighted by molar-refractivity contribution is -0.504. The molecule has 6 heteroatoms. The van der Waals surface area contributed by atoms with E-state index in [2.05, 4.69) is 27.4 Å². The highest BCUT2D eigenvalue weighted by molar-refractivity contribution is 7.91. The van der Waals surface area contributed by atoms with E-state index in [1.807, 2.05) is 6.08 Å². The first kappa shape index (κ1) is 20.8. The molecule has 0 bridgehead atoms. The second-order valence-electron chi connectivity index (χ2n) is 8.73. The molecule has 3 rings (SSSR count). The number of fused-ring (bicyclic) bond motifs is 1. The number of benzene rings is 1. The molecule has 1 aromatic rings. The molecule has 1 saturated carbocycles. The molecule has 0 aromatic heterocycles. The molecule has 2 aliphatic rings. The van der Waals surface area contributed by atoms with Crippen LogP contribution in [-0.4, -0.2) is 18.7 Å². The number of nitro groups is 1. The van der Waals surface area contributed by atoms with Crippen molar-refractivity contribution >= 4 is 9.84 Å². The van der Waals surface area contributed by atoms with Crippen LogP contribution in [0.15, 0.2) is 59.0 Å². The third kappa shape index (κ3) is 3.54. The van der Waals surface area contributed by atoms with E-state index in [4.69, 9.17) is 0 Å². The van der Waals surface area contributed by atoms with E-state index in [1.54, 1.807) is 18.2 Å². The monoisotopic (exact) mass is 403 g/mol. The van der Waals surface area contributed by atoms with Crippen LogP contribution in [0.2, 0.25) is 0 Å². The van der Waals surface area contributed by atoms with Gasteiger partial charge in [0.2, 0.25) is 9.84 Å². The van der Waals surface area contributed by atoms with Gasteiger partial charge >= 0.3 is 5.37 Å². The molecule has 0 N–H and O–H groups in total. The summed E-state index contributed by atoms with van der Waals surface area (Å²) in [5, 5.41) is 10.2. The Hall–Kier alpha value is -1.95. The number of sulfone groups is 1. The molecule has 152 valence electrons. The third-order valence-electron chi connectivity index (χ3n) is 6.96. The highest BCUT2D eigenvalue weighted by atomic mass is 32.2. The second kappa shape index (κ2) is 7.47. The minimum atomic E-state index is -4.06. The van der Waals surface area contributed by atoms with Crippen molar-refractivity contribution in [2.75, 3.05) is 0 Å². The summed E-state index contributed by atoms with van der Waals surface area (Å²) in [5.41, 5.74) is 2.32. The van der Waals surface area contributed by atoms with Crippen LogP contribution < -0.4 is 0 Å². The van der Waals surface area contributed by atoms with Crippen molar-refractivity contribution in [2.24, 2.45) is 23.2 Å². The maximum Gasteiger partial charge on any atom is 0.320 e. The van der Waals surface area contributed by atoms with E-state index in [0.29, 0.717) is 12.3 Å². The van der Waals surface area contributed by atoms with Crippen molar-refractivity contribution in [2.45, 2.75) is 56.7 Å². The van der Waals surface area contributed by atoms with Crippen LogP contribution in [0.4, 0.5) is 0 Å². The fraction of sp³-hybridized carbons (Fsp3) is 0.545. The minimum absolute atomic E-state index is 0.0158. The maximum atomic E-state index is 13.1. The molecule has 0 aliphatic heterocycles. The van der Waals surface area contributed by atoms with Crippen LogP contribution in [-0.2, 0) is 9.84 Å². The van der Waals surface area contributed by atoms with Gasteiger partial charge in [-0.2, -0.15) is 0 Å². The predicted octanol–water partition coefficient (Wildman–Crippen LogP) is 5.03. The Morgan fingerprint density at radius 2 is 1.96 bits per heavy atom. The fourth-order valence-corrected chi connectivity index (χ4v) is 6.71. The quantitative estimate of drug-likeness (QED) is 0.392. The van der Waals surface area contributed by atoms with E-state index < -0.39 is 26.1 Å². The third-order valence-corrected chi connectivity index (χ3v) is 9.04. The zero-order valence-electron chi connectivity index (χ0n) is 16.8. The van der Waals surface area contributed by atoms with Crippen LogP contribution in [0.5, 0.6) is 0 Å². The van der Waals surface area contributed by atoms with Crippen molar-refractivity contribution < 1.29 is 13.3 Å². The van der Waals surface area contributed by atoms with Gasteiger partial charge in [0.05, 0.1) is 10.8 Å². The summed E-state index contributed by atoms with van der Waals surface area (Å²) in [5.74, 6) is 0.0215. The molecular formula is C22H29NO4S. The van der Waals surface area contributed by atoms with Gasteiger partial charge in [0.1, 0.15) is 0 Å².